The average molecular weight is 687 g/mol. The van der Waals surface area contributed by atoms with E-state index in [4.69, 9.17) is 0 Å². The molecule has 0 saturated heterocycles. The van der Waals surface area contributed by atoms with E-state index in [1.807, 2.05) is 0 Å². The van der Waals surface area contributed by atoms with Crippen molar-refractivity contribution in [2.24, 2.45) is 0 Å². The predicted molar refractivity (Wildman–Crippen MR) is 229 cm³/mol. The van der Waals surface area contributed by atoms with Gasteiger partial charge in [0.25, 0.3) is 0 Å². The zero-order valence-corrected chi connectivity index (χ0v) is 29.5. The second kappa shape index (κ2) is 12.2. The van der Waals surface area contributed by atoms with Crippen LogP contribution in [0, 0.1) is 0 Å². The molecule has 0 aliphatic rings. The summed E-state index contributed by atoms with van der Waals surface area (Å²) in [4.78, 5) is 0. The highest BCUT2D eigenvalue weighted by Crippen LogP contribution is 2.38. The first-order valence-electron chi connectivity index (χ1n) is 18.6. The fourth-order valence-electron chi connectivity index (χ4n) is 8.60. The molecule has 0 unspecified atom stereocenters. The molecule has 2 aromatic heterocycles. The average Bonchev–Trinajstić information content (AvgIpc) is 3.77. The molecule has 0 saturated carbocycles. The van der Waals surface area contributed by atoms with E-state index in [9.17, 15) is 0 Å². The summed E-state index contributed by atoms with van der Waals surface area (Å²) in [5, 5.41) is 7.59. The first-order chi connectivity index (χ1) is 26.8. The number of benzene rings is 9. The van der Waals surface area contributed by atoms with Crippen molar-refractivity contribution in [2.45, 2.75) is 0 Å². The minimum absolute atomic E-state index is 1.15. The molecule has 0 atom stereocenters. The van der Waals surface area contributed by atoms with Crippen LogP contribution in [0.4, 0.5) is 0 Å². The Labute approximate surface area is 313 Å². The molecule has 2 heteroatoms. The largest absolute Gasteiger partial charge is 0.309 e. The number of fused-ring (bicyclic) bond motifs is 7. The molecular formula is C52H34N2. The van der Waals surface area contributed by atoms with E-state index >= 15 is 0 Å². The van der Waals surface area contributed by atoms with Crippen molar-refractivity contribution in [2.75, 3.05) is 0 Å². The molecule has 54 heavy (non-hydrogen) atoms. The van der Waals surface area contributed by atoms with Crippen LogP contribution in [0.2, 0.25) is 0 Å². The Morgan fingerprint density at radius 2 is 0.593 bits per heavy atom. The van der Waals surface area contributed by atoms with E-state index in [0.29, 0.717) is 0 Å². The van der Waals surface area contributed by atoms with Crippen molar-refractivity contribution in [3.63, 3.8) is 0 Å². The van der Waals surface area contributed by atoms with Crippen molar-refractivity contribution in [3.05, 3.63) is 206 Å². The number of aromatic nitrogens is 2. The molecule has 0 amide bonds. The smallest absolute Gasteiger partial charge is 0.0541 e. The van der Waals surface area contributed by atoms with Gasteiger partial charge in [-0.1, -0.05) is 140 Å². The van der Waals surface area contributed by atoms with Crippen molar-refractivity contribution in [3.8, 4) is 44.8 Å². The van der Waals surface area contributed by atoms with Gasteiger partial charge in [-0.05, 0) is 111 Å². The zero-order valence-electron chi connectivity index (χ0n) is 29.5. The normalized spacial score (nSPS) is 11.7. The summed E-state index contributed by atoms with van der Waals surface area (Å²) in [6.07, 6.45) is 0. The quantitative estimate of drug-likeness (QED) is 0.171. The third-order valence-corrected chi connectivity index (χ3v) is 11.1. The maximum absolute atomic E-state index is 2.38. The molecule has 0 spiro atoms. The van der Waals surface area contributed by atoms with Crippen molar-refractivity contribution >= 4 is 54.4 Å². The van der Waals surface area contributed by atoms with Gasteiger partial charge >= 0.3 is 0 Å². The van der Waals surface area contributed by atoms with Crippen LogP contribution in [-0.2, 0) is 0 Å². The predicted octanol–water partition coefficient (Wildman–Crippen LogP) is 14.0. The van der Waals surface area contributed by atoms with Crippen LogP contribution in [0.25, 0.3) is 99.1 Å². The molecule has 0 aliphatic carbocycles. The zero-order chi connectivity index (χ0) is 35.6. The van der Waals surface area contributed by atoms with Gasteiger partial charge in [0, 0.05) is 32.9 Å². The van der Waals surface area contributed by atoms with Gasteiger partial charge in [-0.3, -0.25) is 0 Å². The van der Waals surface area contributed by atoms with Gasteiger partial charge < -0.3 is 9.13 Å². The lowest BCUT2D eigenvalue weighted by molar-refractivity contribution is 1.18. The lowest BCUT2D eigenvalue weighted by atomic mass is 9.91. The highest BCUT2D eigenvalue weighted by Gasteiger charge is 2.15. The third kappa shape index (κ3) is 4.81. The molecule has 252 valence electrons. The summed E-state index contributed by atoms with van der Waals surface area (Å²) in [6, 6.07) is 75.3. The van der Waals surface area contributed by atoms with Gasteiger partial charge in [-0.15, -0.1) is 0 Å². The van der Waals surface area contributed by atoms with E-state index in [0.717, 1.165) is 11.4 Å². The van der Waals surface area contributed by atoms with E-state index in [1.165, 1.54) is 87.8 Å². The Morgan fingerprint density at radius 1 is 0.241 bits per heavy atom. The van der Waals surface area contributed by atoms with Crippen molar-refractivity contribution in [1.82, 2.24) is 9.13 Å². The second-order valence-electron chi connectivity index (χ2n) is 14.2. The van der Waals surface area contributed by atoms with Crippen molar-refractivity contribution < 1.29 is 0 Å². The van der Waals surface area contributed by atoms with E-state index in [2.05, 4.69) is 215 Å². The molecule has 0 N–H and O–H groups in total. The molecule has 0 fully saturated rings. The van der Waals surface area contributed by atoms with Crippen LogP contribution in [0.15, 0.2) is 206 Å². The molecule has 0 radical (unpaired) electrons. The lowest BCUT2D eigenvalue weighted by Gasteiger charge is -2.15. The van der Waals surface area contributed by atoms with Gasteiger partial charge in [0.15, 0.2) is 0 Å². The number of nitrogens with zero attached hydrogens (tertiary/aromatic N) is 2. The van der Waals surface area contributed by atoms with Gasteiger partial charge in [0.1, 0.15) is 0 Å². The van der Waals surface area contributed by atoms with Gasteiger partial charge in [0.2, 0.25) is 0 Å². The molecule has 0 bridgehead atoms. The SMILES string of the molecule is c1ccc2c(-c3cc(-c4ccc(-n5c6ccccc6c6ccccc65)cc4)cc(-c4ccc(-n5c6ccccc6c6ccccc65)cc4)c3)cccc2c1. The maximum atomic E-state index is 2.38. The minimum Gasteiger partial charge on any atom is -0.309 e. The van der Waals surface area contributed by atoms with E-state index < -0.39 is 0 Å². The Bertz CT molecular complexity index is 2910. The Balaban J connectivity index is 1.05. The van der Waals surface area contributed by atoms with Crippen molar-refractivity contribution in [1.29, 1.82) is 0 Å². The van der Waals surface area contributed by atoms with Crippen LogP contribution in [0.5, 0.6) is 0 Å². The Kier molecular flexibility index (Phi) is 6.90. The monoisotopic (exact) mass is 686 g/mol. The minimum atomic E-state index is 1.15. The number of para-hydroxylation sites is 4. The van der Waals surface area contributed by atoms with Crippen LogP contribution >= 0.6 is 0 Å². The van der Waals surface area contributed by atoms with E-state index in [-0.39, 0.29) is 0 Å². The number of rotatable bonds is 5. The molecule has 2 heterocycles. The Hall–Kier alpha value is -7.16. The highest BCUT2D eigenvalue weighted by atomic mass is 15.0. The maximum Gasteiger partial charge on any atom is 0.0541 e. The van der Waals surface area contributed by atoms with Crippen LogP contribution in [0.1, 0.15) is 0 Å². The first kappa shape index (κ1) is 30.5. The fraction of sp³-hybridized carbons (Fsp3) is 0. The standard InChI is InChI=1S/C52H34N2/c1-2-14-43-37(12-1)13-11-19-44(43)40-33-38(35-24-28-41(29-25-35)53-49-20-7-3-15-45(49)46-16-4-8-21-50(46)53)32-39(34-40)36-26-30-42(31-27-36)54-51-22-9-5-17-47(51)48-18-6-10-23-52(48)54/h1-34H. The third-order valence-electron chi connectivity index (χ3n) is 11.1. The molecular weight excluding hydrogens is 653 g/mol. The Morgan fingerprint density at radius 3 is 1.04 bits per heavy atom. The first-order valence-corrected chi connectivity index (χ1v) is 18.6. The van der Waals surface area contributed by atoms with Crippen LogP contribution in [-0.4, -0.2) is 9.13 Å². The lowest BCUT2D eigenvalue weighted by Crippen LogP contribution is -1.94. The second-order valence-corrected chi connectivity index (χ2v) is 14.2. The molecule has 11 rings (SSSR count). The van der Waals surface area contributed by atoms with Gasteiger partial charge in [-0.2, -0.15) is 0 Å². The summed E-state index contributed by atoms with van der Waals surface area (Å²) in [6.45, 7) is 0. The molecule has 2 nitrogen and oxygen atoms in total. The topological polar surface area (TPSA) is 9.86 Å². The molecule has 11 aromatic rings. The summed E-state index contributed by atoms with van der Waals surface area (Å²) in [7, 11) is 0. The summed E-state index contributed by atoms with van der Waals surface area (Å²) < 4.78 is 4.76. The van der Waals surface area contributed by atoms with Gasteiger partial charge in [0.05, 0.1) is 22.1 Å². The van der Waals surface area contributed by atoms with E-state index in [1.54, 1.807) is 0 Å². The number of hydrogen-bond donors (Lipinski definition) is 0. The summed E-state index contributed by atoms with van der Waals surface area (Å²) in [5.41, 5.74) is 14.4. The summed E-state index contributed by atoms with van der Waals surface area (Å²) in [5.74, 6) is 0. The van der Waals surface area contributed by atoms with Crippen LogP contribution in [0.3, 0.4) is 0 Å². The summed E-state index contributed by atoms with van der Waals surface area (Å²) >= 11 is 0. The number of hydrogen-bond acceptors (Lipinski definition) is 0. The highest BCUT2D eigenvalue weighted by molar-refractivity contribution is 6.10. The van der Waals surface area contributed by atoms with Gasteiger partial charge in [-0.25, -0.2) is 0 Å². The van der Waals surface area contributed by atoms with Crippen LogP contribution < -0.4 is 0 Å². The molecule has 9 aromatic carbocycles. The fourth-order valence-corrected chi connectivity index (χ4v) is 8.60. The molecule has 0 aliphatic heterocycles.